The van der Waals surface area contributed by atoms with Gasteiger partial charge in [-0.15, -0.1) is 0 Å². The summed E-state index contributed by atoms with van der Waals surface area (Å²) in [5.74, 6) is -1.21. The van der Waals surface area contributed by atoms with Crippen LogP contribution in [0.2, 0.25) is 0 Å². The van der Waals surface area contributed by atoms with Gasteiger partial charge in [-0.2, -0.15) is 0 Å². The van der Waals surface area contributed by atoms with Gasteiger partial charge in [0.15, 0.2) is 11.6 Å². The molecular weight excluding hydrogens is 228 g/mol. The number of ether oxygens (including phenoxy) is 1. The molecule has 0 aliphatic rings. The lowest BCUT2D eigenvalue weighted by Crippen LogP contribution is -2.00. The number of benzene rings is 1. The van der Waals surface area contributed by atoms with E-state index >= 15 is 0 Å². The largest absolute Gasteiger partial charge is 0.435 e. The highest BCUT2D eigenvalue weighted by atomic mass is 19.1. The first-order chi connectivity index (χ1) is 8.08. The van der Waals surface area contributed by atoms with E-state index in [-0.39, 0.29) is 17.4 Å². The molecule has 6 heteroatoms. The number of nitrogens with two attached hydrogens (primary N) is 1. The first-order valence-electron chi connectivity index (χ1n) is 4.78. The van der Waals surface area contributed by atoms with Gasteiger partial charge in [-0.3, -0.25) is 0 Å². The minimum Gasteiger partial charge on any atom is -0.435 e. The standard InChI is InChI=1S/C11H9F2N3O/c1-6-10(14)15-5-16-11(6)17-9-3-2-7(12)4-8(9)13/h2-5H,1H3,(H2,14,15,16). The summed E-state index contributed by atoms with van der Waals surface area (Å²) in [5.41, 5.74) is 6.05. The van der Waals surface area contributed by atoms with Crippen LogP contribution in [0.1, 0.15) is 5.56 Å². The second kappa shape index (κ2) is 4.32. The minimum atomic E-state index is -0.804. The predicted molar refractivity (Wildman–Crippen MR) is 57.6 cm³/mol. The van der Waals surface area contributed by atoms with E-state index in [1.165, 1.54) is 12.4 Å². The van der Waals surface area contributed by atoms with Gasteiger partial charge in [-0.1, -0.05) is 0 Å². The van der Waals surface area contributed by atoms with Crippen LogP contribution in [-0.2, 0) is 0 Å². The molecule has 0 radical (unpaired) electrons. The summed E-state index contributed by atoms with van der Waals surface area (Å²) in [6, 6.07) is 3.01. The number of aromatic nitrogens is 2. The van der Waals surface area contributed by atoms with Crippen LogP contribution < -0.4 is 10.5 Å². The van der Waals surface area contributed by atoms with E-state index in [0.717, 1.165) is 12.1 Å². The Bertz CT molecular complexity index is 560. The molecule has 17 heavy (non-hydrogen) atoms. The van der Waals surface area contributed by atoms with Gasteiger partial charge < -0.3 is 10.5 Å². The van der Waals surface area contributed by atoms with Crippen LogP contribution in [0.3, 0.4) is 0 Å². The second-order valence-electron chi connectivity index (χ2n) is 3.37. The molecule has 2 rings (SSSR count). The van der Waals surface area contributed by atoms with Gasteiger partial charge in [0.2, 0.25) is 5.88 Å². The SMILES string of the molecule is Cc1c(N)ncnc1Oc1ccc(F)cc1F. The fourth-order valence-electron chi connectivity index (χ4n) is 1.21. The van der Waals surface area contributed by atoms with Crippen LogP contribution >= 0.6 is 0 Å². The average Bonchev–Trinajstić information content (AvgIpc) is 2.28. The Hall–Kier alpha value is -2.24. The van der Waals surface area contributed by atoms with Gasteiger partial charge >= 0.3 is 0 Å². The lowest BCUT2D eigenvalue weighted by molar-refractivity contribution is 0.420. The molecule has 0 aliphatic carbocycles. The van der Waals surface area contributed by atoms with Crippen molar-refractivity contribution in [3.05, 3.63) is 41.7 Å². The Labute approximate surface area is 96.1 Å². The lowest BCUT2D eigenvalue weighted by Gasteiger charge is -2.08. The van der Waals surface area contributed by atoms with Gasteiger partial charge in [-0.25, -0.2) is 18.7 Å². The smallest absolute Gasteiger partial charge is 0.227 e. The summed E-state index contributed by atoms with van der Waals surface area (Å²) in [7, 11) is 0. The van der Waals surface area contributed by atoms with Gasteiger partial charge in [0.1, 0.15) is 18.0 Å². The molecule has 0 fully saturated rings. The van der Waals surface area contributed by atoms with Crippen LogP contribution in [0.15, 0.2) is 24.5 Å². The van der Waals surface area contributed by atoms with Crippen LogP contribution in [-0.4, -0.2) is 9.97 Å². The van der Waals surface area contributed by atoms with Crippen LogP contribution in [0.4, 0.5) is 14.6 Å². The van der Waals surface area contributed by atoms with E-state index in [2.05, 4.69) is 9.97 Å². The van der Waals surface area contributed by atoms with E-state index in [4.69, 9.17) is 10.5 Å². The first kappa shape index (κ1) is 11.3. The zero-order valence-corrected chi connectivity index (χ0v) is 8.95. The number of rotatable bonds is 2. The van der Waals surface area contributed by atoms with Crippen molar-refractivity contribution in [2.45, 2.75) is 6.92 Å². The molecule has 2 N–H and O–H groups in total. The number of hydrogen-bond donors (Lipinski definition) is 1. The highest BCUT2D eigenvalue weighted by molar-refractivity contribution is 5.44. The normalized spacial score (nSPS) is 10.3. The van der Waals surface area contributed by atoms with Crippen LogP contribution in [0.25, 0.3) is 0 Å². The maximum atomic E-state index is 13.3. The number of anilines is 1. The third-order valence-electron chi connectivity index (χ3n) is 2.18. The van der Waals surface area contributed by atoms with E-state index < -0.39 is 11.6 Å². The number of hydrogen-bond acceptors (Lipinski definition) is 4. The minimum absolute atomic E-state index is 0.118. The van der Waals surface area contributed by atoms with Crippen molar-refractivity contribution in [2.75, 3.05) is 5.73 Å². The lowest BCUT2D eigenvalue weighted by atomic mass is 10.3. The molecule has 4 nitrogen and oxygen atoms in total. The topological polar surface area (TPSA) is 61.0 Å². The summed E-state index contributed by atoms with van der Waals surface area (Å²) in [5, 5.41) is 0. The van der Waals surface area contributed by atoms with E-state index in [0.29, 0.717) is 5.56 Å². The van der Waals surface area contributed by atoms with E-state index in [1.54, 1.807) is 6.92 Å². The molecule has 0 spiro atoms. The summed E-state index contributed by atoms with van der Waals surface area (Å²) in [4.78, 5) is 7.57. The Morgan fingerprint density at radius 1 is 1.24 bits per heavy atom. The Morgan fingerprint density at radius 3 is 2.71 bits per heavy atom. The van der Waals surface area contributed by atoms with Crippen molar-refractivity contribution in [1.29, 1.82) is 0 Å². The fourth-order valence-corrected chi connectivity index (χ4v) is 1.21. The molecule has 0 atom stereocenters. The van der Waals surface area contributed by atoms with E-state index in [9.17, 15) is 8.78 Å². The molecule has 0 bridgehead atoms. The molecule has 2 aromatic rings. The van der Waals surface area contributed by atoms with Crippen molar-refractivity contribution in [3.8, 4) is 11.6 Å². The van der Waals surface area contributed by atoms with Crippen molar-refractivity contribution in [2.24, 2.45) is 0 Å². The average molecular weight is 237 g/mol. The molecular formula is C11H9F2N3O. The highest BCUT2D eigenvalue weighted by Gasteiger charge is 2.10. The summed E-state index contributed by atoms with van der Waals surface area (Å²) >= 11 is 0. The number of nitrogen functional groups attached to an aromatic ring is 1. The van der Waals surface area contributed by atoms with Crippen LogP contribution in [0.5, 0.6) is 11.6 Å². The highest BCUT2D eigenvalue weighted by Crippen LogP contribution is 2.26. The molecule has 0 unspecified atom stereocenters. The quantitative estimate of drug-likeness (QED) is 0.871. The monoisotopic (exact) mass is 237 g/mol. The maximum absolute atomic E-state index is 13.3. The number of nitrogens with zero attached hydrogens (tertiary/aromatic N) is 2. The fraction of sp³-hybridized carbons (Fsp3) is 0.0909. The molecule has 88 valence electrons. The van der Waals surface area contributed by atoms with Crippen molar-refractivity contribution in [1.82, 2.24) is 9.97 Å². The summed E-state index contributed by atoms with van der Waals surface area (Å²) in [6.45, 7) is 1.64. The van der Waals surface area contributed by atoms with Gasteiger partial charge in [-0.05, 0) is 19.1 Å². The van der Waals surface area contributed by atoms with Crippen molar-refractivity contribution in [3.63, 3.8) is 0 Å². The van der Waals surface area contributed by atoms with Gasteiger partial charge in [0, 0.05) is 6.07 Å². The zero-order chi connectivity index (χ0) is 12.4. The molecule has 1 aromatic heterocycles. The summed E-state index contributed by atoms with van der Waals surface area (Å²) < 4.78 is 31.2. The second-order valence-corrected chi connectivity index (χ2v) is 3.37. The third-order valence-corrected chi connectivity index (χ3v) is 2.18. The Kier molecular flexibility index (Phi) is 2.86. The first-order valence-corrected chi connectivity index (χ1v) is 4.78. The molecule has 0 aliphatic heterocycles. The summed E-state index contributed by atoms with van der Waals surface area (Å²) in [6.07, 6.45) is 1.21. The number of halogens is 2. The molecule has 0 amide bonds. The van der Waals surface area contributed by atoms with Crippen LogP contribution in [0, 0.1) is 18.6 Å². The molecule has 1 heterocycles. The Morgan fingerprint density at radius 2 is 2.00 bits per heavy atom. The van der Waals surface area contributed by atoms with Gasteiger partial charge in [0.25, 0.3) is 0 Å². The van der Waals surface area contributed by atoms with Crippen molar-refractivity contribution >= 4 is 5.82 Å². The Balaban J connectivity index is 2.35. The predicted octanol–water partition coefficient (Wildman–Crippen LogP) is 2.44. The zero-order valence-electron chi connectivity index (χ0n) is 8.95. The van der Waals surface area contributed by atoms with Gasteiger partial charge in [0.05, 0.1) is 5.56 Å². The van der Waals surface area contributed by atoms with Crippen molar-refractivity contribution < 1.29 is 13.5 Å². The molecule has 0 saturated heterocycles. The molecule has 0 saturated carbocycles. The van der Waals surface area contributed by atoms with E-state index in [1.807, 2.05) is 0 Å². The third kappa shape index (κ3) is 2.30. The maximum Gasteiger partial charge on any atom is 0.227 e. The molecule has 1 aromatic carbocycles.